The van der Waals surface area contributed by atoms with Crippen LogP contribution in [-0.2, 0) is 6.54 Å². The van der Waals surface area contributed by atoms with Crippen molar-refractivity contribution in [2.45, 2.75) is 44.7 Å². The summed E-state index contributed by atoms with van der Waals surface area (Å²) in [6, 6.07) is 4.07. The Hall–Kier alpha value is -2.11. The van der Waals surface area contributed by atoms with Gasteiger partial charge in [0.05, 0.1) is 33.4 Å². The van der Waals surface area contributed by atoms with E-state index in [9.17, 15) is 4.79 Å². The molecule has 0 aromatic heterocycles. The van der Waals surface area contributed by atoms with Crippen LogP contribution in [0.25, 0.3) is 0 Å². The van der Waals surface area contributed by atoms with Crippen molar-refractivity contribution in [2.24, 2.45) is 17.8 Å². The van der Waals surface area contributed by atoms with Gasteiger partial charge in [-0.15, -0.1) is 0 Å². The van der Waals surface area contributed by atoms with E-state index in [4.69, 9.17) is 14.2 Å². The number of methoxy groups -OCH3 is 3. The number of benzene rings is 1. The highest BCUT2D eigenvalue weighted by Crippen LogP contribution is 2.47. The number of nitrogens with zero attached hydrogens (tertiary/aromatic N) is 1. The number of ether oxygens (including phenoxy) is 3. The van der Waals surface area contributed by atoms with Gasteiger partial charge in [0.15, 0.2) is 0 Å². The van der Waals surface area contributed by atoms with E-state index < -0.39 is 0 Å². The van der Waals surface area contributed by atoms with E-state index in [0.29, 0.717) is 35.8 Å². The van der Waals surface area contributed by atoms with Crippen molar-refractivity contribution < 1.29 is 19.0 Å². The minimum absolute atomic E-state index is 0.0353. The van der Waals surface area contributed by atoms with Crippen LogP contribution in [0, 0.1) is 17.8 Å². The Labute approximate surface area is 161 Å². The Morgan fingerprint density at radius 3 is 2.11 bits per heavy atom. The Morgan fingerprint density at radius 1 is 0.963 bits per heavy atom. The number of urea groups is 1. The molecule has 6 heteroatoms. The summed E-state index contributed by atoms with van der Waals surface area (Å²) in [7, 11) is 4.84. The quantitative estimate of drug-likeness (QED) is 0.858. The first kappa shape index (κ1) is 18.3. The average Bonchev–Trinajstić information content (AvgIpc) is 2.88. The van der Waals surface area contributed by atoms with Crippen LogP contribution in [0.1, 0.15) is 37.7 Å². The molecule has 148 valence electrons. The molecule has 1 aromatic rings. The molecular formula is C21H30N2O4. The van der Waals surface area contributed by atoms with Gasteiger partial charge in [0.1, 0.15) is 17.2 Å². The lowest BCUT2D eigenvalue weighted by Gasteiger charge is -2.38. The van der Waals surface area contributed by atoms with Gasteiger partial charge in [-0.05, 0) is 49.9 Å². The Kier molecular flexibility index (Phi) is 5.06. The molecule has 5 rings (SSSR count). The summed E-state index contributed by atoms with van der Waals surface area (Å²) in [6.07, 6.45) is 6.34. The maximum atomic E-state index is 13.0. The van der Waals surface area contributed by atoms with Crippen molar-refractivity contribution >= 4 is 6.03 Å². The van der Waals surface area contributed by atoms with E-state index in [2.05, 4.69) is 10.2 Å². The van der Waals surface area contributed by atoms with Gasteiger partial charge in [0.2, 0.25) is 0 Å². The molecule has 6 nitrogen and oxygen atoms in total. The lowest BCUT2D eigenvalue weighted by Crippen LogP contribution is -2.47. The van der Waals surface area contributed by atoms with Crippen molar-refractivity contribution in [1.82, 2.24) is 10.2 Å². The van der Waals surface area contributed by atoms with Crippen molar-refractivity contribution in [3.05, 3.63) is 17.7 Å². The summed E-state index contributed by atoms with van der Waals surface area (Å²) in [5.41, 5.74) is 0.829. The van der Waals surface area contributed by atoms with E-state index in [1.807, 2.05) is 12.1 Å². The molecule has 2 aliphatic heterocycles. The predicted molar refractivity (Wildman–Crippen MR) is 102 cm³/mol. The average molecular weight is 374 g/mol. The molecule has 1 aromatic carbocycles. The van der Waals surface area contributed by atoms with Crippen molar-refractivity contribution in [1.29, 1.82) is 0 Å². The van der Waals surface area contributed by atoms with Gasteiger partial charge in [-0.2, -0.15) is 0 Å². The number of hydrogen-bond acceptors (Lipinski definition) is 4. The smallest absolute Gasteiger partial charge is 0.317 e. The summed E-state index contributed by atoms with van der Waals surface area (Å²) in [5.74, 6) is 4.31. The van der Waals surface area contributed by atoms with Crippen LogP contribution in [0.15, 0.2) is 12.1 Å². The minimum Gasteiger partial charge on any atom is -0.496 e. The van der Waals surface area contributed by atoms with Gasteiger partial charge < -0.3 is 24.4 Å². The van der Waals surface area contributed by atoms with Crippen molar-refractivity contribution in [3.8, 4) is 17.2 Å². The number of rotatable bonds is 5. The highest BCUT2D eigenvalue weighted by atomic mass is 16.5. The largest absolute Gasteiger partial charge is 0.496 e. The van der Waals surface area contributed by atoms with Crippen LogP contribution in [0.2, 0.25) is 0 Å². The Balaban J connectivity index is 1.48. The molecule has 2 aliphatic carbocycles. The molecule has 0 spiro atoms. The highest BCUT2D eigenvalue weighted by Gasteiger charge is 2.44. The van der Waals surface area contributed by atoms with Gasteiger partial charge in [-0.1, -0.05) is 0 Å². The molecule has 4 bridgehead atoms. The normalized spacial score (nSPS) is 28.6. The molecule has 0 radical (unpaired) electrons. The monoisotopic (exact) mass is 374 g/mol. The molecule has 2 saturated carbocycles. The number of carbonyl (C=O) groups is 1. The van der Waals surface area contributed by atoms with Gasteiger partial charge in [0, 0.05) is 24.7 Å². The second-order valence-corrected chi connectivity index (χ2v) is 8.25. The summed E-state index contributed by atoms with van der Waals surface area (Å²) in [6.45, 7) is 1.27. The van der Waals surface area contributed by atoms with Crippen LogP contribution in [-0.4, -0.2) is 44.8 Å². The first-order chi connectivity index (χ1) is 13.1. The van der Waals surface area contributed by atoms with E-state index in [0.717, 1.165) is 23.9 Å². The fourth-order valence-corrected chi connectivity index (χ4v) is 5.55. The van der Waals surface area contributed by atoms with E-state index >= 15 is 0 Å². The third kappa shape index (κ3) is 3.54. The lowest BCUT2D eigenvalue weighted by molar-refractivity contribution is 0.131. The van der Waals surface area contributed by atoms with Crippen LogP contribution < -0.4 is 19.5 Å². The number of amides is 2. The first-order valence-electron chi connectivity index (χ1n) is 9.94. The predicted octanol–water partition coefficient (Wildman–Crippen LogP) is 3.43. The fraction of sp³-hybridized carbons (Fsp3) is 0.667. The Morgan fingerprint density at radius 2 is 1.56 bits per heavy atom. The van der Waals surface area contributed by atoms with Crippen LogP contribution in [0.4, 0.5) is 4.79 Å². The number of carbonyl (C=O) groups excluding carboxylic acids is 1. The SMILES string of the molecule is COc1cc(OC)c(CNC(=O)N2CC3C[C@@H]4CC2C[C@H](C3)C4)c(OC)c1. The zero-order valence-corrected chi connectivity index (χ0v) is 16.5. The van der Waals surface area contributed by atoms with Crippen LogP contribution in [0.3, 0.4) is 0 Å². The molecule has 4 atom stereocenters. The summed E-state index contributed by atoms with van der Waals surface area (Å²) in [4.78, 5) is 15.1. The fourth-order valence-electron chi connectivity index (χ4n) is 5.55. The van der Waals surface area contributed by atoms with E-state index in [1.54, 1.807) is 21.3 Å². The molecule has 27 heavy (non-hydrogen) atoms. The number of fused-ring (bicyclic) bond motifs is 1. The molecule has 4 aliphatic rings. The van der Waals surface area contributed by atoms with Crippen LogP contribution in [0.5, 0.6) is 17.2 Å². The third-order valence-electron chi connectivity index (χ3n) is 6.60. The van der Waals surface area contributed by atoms with E-state index in [-0.39, 0.29) is 6.03 Å². The highest BCUT2D eigenvalue weighted by molar-refractivity contribution is 5.75. The molecule has 2 heterocycles. The molecule has 4 fully saturated rings. The second kappa shape index (κ2) is 7.49. The topological polar surface area (TPSA) is 60.0 Å². The van der Waals surface area contributed by atoms with Gasteiger partial charge >= 0.3 is 6.03 Å². The maximum absolute atomic E-state index is 13.0. The van der Waals surface area contributed by atoms with Crippen molar-refractivity contribution in [2.75, 3.05) is 27.9 Å². The van der Waals surface area contributed by atoms with Crippen molar-refractivity contribution in [3.63, 3.8) is 0 Å². The van der Waals surface area contributed by atoms with E-state index in [1.165, 1.54) is 32.1 Å². The second-order valence-electron chi connectivity index (χ2n) is 8.25. The molecule has 2 amide bonds. The van der Waals surface area contributed by atoms with Gasteiger partial charge in [0.25, 0.3) is 0 Å². The third-order valence-corrected chi connectivity index (χ3v) is 6.60. The lowest BCUT2D eigenvalue weighted by atomic mass is 9.68. The maximum Gasteiger partial charge on any atom is 0.317 e. The molecule has 1 N–H and O–H groups in total. The number of hydrogen-bond donors (Lipinski definition) is 1. The standard InChI is InChI=1S/C21H30N2O4/c1-25-17-9-19(26-2)18(20(10-17)27-3)11-22-21(24)23-12-15-5-13-4-14(6-15)8-16(23)7-13/h9-10,13-16H,4-8,11-12H2,1-3H3,(H,22,24)/t13-,14+,15?,16?. The minimum atomic E-state index is 0.0353. The molecule has 2 saturated heterocycles. The summed E-state index contributed by atoms with van der Waals surface area (Å²) < 4.78 is 16.3. The number of nitrogens with one attached hydrogen (secondary N) is 1. The molecule has 2 unspecified atom stereocenters. The van der Waals surface area contributed by atoms with Gasteiger partial charge in [-0.3, -0.25) is 0 Å². The Bertz CT molecular complexity index is 668. The van der Waals surface area contributed by atoms with Crippen LogP contribution >= 0.6 is 0 Å². The summed E-state index contributed by atoms with van der Waals surface area (Å²) >= 11 is 0. The zero-order chi connectivity index (χ0) is 19.0. The van der Waals surface area contributed by atoms with Gasteiger partial charge in [-0.25, -0.2) is 4.79 Å². The molecular weight excluding hydrogens is 344 g/mol. The first-order valence-corrected chi connectivity index (χ1v) is 9.94. The zero-order valence-electron chi connectivity index (χ0n) is 16.5. The summed E-state index contributed by atoms with van der Waals surface area (Å²) in [5, 5.41) is 3.11.